The van der Waals surface area contributed by atoms with Crippen molar-refractivity contribution in [3.05, 3.63) is 57.0 Å². The highest BCUT2D eigenvalue weighted by atomic mass is 35.5. The monoisotopic (exact) mass is 310 g/mol. The summed E-state index contributed by atoms with van der Waals surface area (Å²) in [5.41, 5.74) is 0.668. The van der Waals surface area contributed by atoms with Crippen molar-refractivity contribution in [1.82, 2.24) is 10.2 Å². The minimum absolute atomic E-state index is 0.0456. The van der Waals surface area contributed by atoms with Crippen LogP contribution in [0.5, 0.6) is 0 Å². The summed E-state index contributed by atoms with van der Waals surface area (Å²) in [6.45, 7) is 3.69. The number of halogens is 2. The van der Waals surface area contributed by atoms with Crippen molar-refractivity contribution >= 4 is 22.9 Å². The Balaban J connectivity index is 2.02. The SMILES string of the molecule is Fc1ccc(Cl)cc1[C@@H](c1cccs1)N1CCNCC1. The van der Waals surface area contributed by atoms with Crippen molar-refractivity contribution in [1.29, 1.82) is 0 Å². The topological polar surface area (TPSA) is 15.3 Å². The Kier molecular flexibility index (Phi) is 4.36. The Morgan fingerprint density at radius 3 is 2.75 bits per heavy atom. The van der Waals surface area contributed by atoms with E-state index in [1.54, 1.807) is 23.5 Å². The molecule has 0 spiro atoms. The molecular formula is C15H16ClFN2S. The van der Waals surface area contributed by atoms with E-state index in [0.717, 1.165) is 31.1 Å². The quantitative estimate of drug-likeness (QED) is 0.933. The van der Waals surface area contributed by atoms with Crippen LogP contribution in [0.15, 0.2) is 35.7 Å². The first-order chi connectivity index (χ1) is 9.75. The second-order valence-corrected chi connectivity index (χ2v) is 6.29. The summed E-state index contributed by atoms with van der Waals surface area (Å²) in [5.74, 6) is -0.189. The molecule has 1 atom stereocenters. The van der Waals surface area contributed by atoms with E-state index in [1.165, 1.54) is 6.07 Å². The fourth-order valence-electron chi connectivity index (χ4n) is 2.64. The van der Waals surface area contributed by atoms with Crippen molar-refractivity contribution in [2.24, 2.45) is 0 Å². The second-order valence-electron chi connectivity index (χ2n) is 4.87. The van der Waals surface area contributed by atoms with Crippen LogP contribution in [-0.2, 0) is 0 Å². The van der Waals surface area contributed by atoms with Gasteiger partial charge in [-0.25, -0.2) is 4.39 Å². The summed E-state index contributed by atoms with van der Waals surface area (Å²) >= 11 is 7.73. The van der Waals surface area contributed by atoms with Crippen LogP contribution in [0.25, 0.3) is 0 Å². The summed E-state index contributed by atoms with van der Waals surface area (Å²) in [7, 11) is 0. The Labute approximate surface area is 127 Å². The molecule has 0 unspecified atom stereocenters. The van der Waals surface area contributed by atoms with E-state index >= 15 is 0 Å². The molecule has 0 saturated carbocycles. The Morgan fingerprint density at radius 2 is 2.05 bits per heavy atom. The van der Waals surface area contributed by atoms with Gasteiger partial charge in [-0.05, 0) is 29.6 Å². The van der Waals surface area contributed by atoms with Gasteiger partial charge in [-0.15, -0.1) is 11.3 Å². The van der Waals surface area contributed by atoms with Gasteiger partial charge in [0.2, 0.25) is 0 Å². The van der Waals surface area contributed by atoms with Gasteiger partial charge in [0.05, 0.1) is 6.04 Å². The highest BCUT2D eigenvalue weighted by Gasteiger charge is 2.27. The molecule has 0 aliphatic carbocycles. The number of hydrogen-bond acceptors (Lipinski definition) is 3. The first kappa shape index (κ1) is 14.0. The Morgan fingerprint density at radius 1 is 1.25 bits per heavy atom. The predicted octanol–water partition coefficient (Wildman–Crippen LogP) is 3.54. The van der Waals surface area contributed by atoms with Crippen LogP contribution < -0.4 is 5.32 Å². The summed E-state index contributed by atoms with van der Waals surface area (Å²) in [6, 6.07) is 8.85. The molecule has 1 aliphatic rings. The average molecular weight is 311 g/mol. The molecular weight excluding hydrogens is 295 g/mol. The van der Waals surface area contributed by atoms with E-state index in [4.69, 9.17) is 11.6 Å². The molecule has 1 aliphatic heterocycles. The third kappa shape index (κ3) is 2.88. The molecule has 2 heterocycles. The molecule has 20 heavy (non-hydrogen) atoms. The number of benzene rings is 1. The van der Waals surface area contributed by atoms with Gasteiger partial charge in [-0.2, -0.15) is 0 Å². The van der Waals surface area contributed by atoms with Crippen LogP contribution in [0, 0.1) is 5.82 Å². The van der Waals surface area contributed by atoms with Crippen molar-refractivity contribution in [3.8, 4) is 0 Å². The first-order valence-electron chi connectivity index (χ1n) is 6.69. The second kappa shape index (κ2) is 6.22. The Bertz CT molecular complexity index is 567. The zero-order valence-corrected chi connectivity index (χ0v) is 12.6. The summed E-state index contributed by atoms with van der Waals surface area (Å²) in [4.78, 5) is 3.48. The van der Waals surface area contributed by atoms with Crippen molar-refractivity contribution in [2.75, 3.05) is 26.2 Å². The maximum atomic E-state index is 14.3. The summed E-state index contributed by atoms with van der Waals surface area (Å²) in [5, 5.41) is 5.95. The lowest BCUT2D eigenvalue weighted by molar-refractivity contribution is 0.197. The van der Waals surface area contributed by atoms with Gasteiger partial charge in [-0.1, -0.05) is 17.7 Å². The van der Waals surface area contributed by atoms with E-state index in [-0.39, 0.29) is 11.9 Å². The lowest BCUT2D eigenvalue weighted by atomic mass is 10.0. The highest BCUT2D eigenvalue weighted by Crippen LogP contribution is 2.34. The normalized spacial score (nSPS) is 18.1. The van der Waals surface area contributed by atoms with Gasteiger partial charge >= 0.3 is 0 Å². The molecule has 1 N–H and O–H groups in total. The minimum Gasteiger partial charge on any atom is -0.314 e. The van der Waals surface area contributed by atoms with Crippen molar-refractivity contribution in [2.45, 2.75) is 6.04 Å². The maximum Gasteiger partial charge on any atom is 0.128 e. The summed E-state index contributed by atoms with van der Waals surface area (Å²) < 4.78 is 14.3. The van der Waals surface area contributed by atoms with Crippen molar-refractivity contribution < 1.29 is 4.39 Å². The van der Waals surface area contributed by atoms with Gasteiger partial charge in [0, 0.05) is 41.6 Å². The van der Waals surface area contributed by atoms with Crippen molar-refractivity contribution in [3.63, 3.8) is 0 Å². The van der Waals surface area contributed by atoms with E-state index in [0.29, 0.717) is 10.6 Å². The molecule has 1 aromatic heterocycles. The predicted molar refractivity (Wildman–Crippen MR) is 82.0 cm³/mol. The third-order valence-electron chi connectivity index (χ3n) is 3.58. The van der Waals surface area contributed by atoms with Crippen LogP contribution in [-0.4, -0.2) is 31.1 Å². The molecule has 2 aromatic rings. The lowest BCUT2D eigenvalue weighted by Gasteiger charge is -2.35. The minimum atomic E-state index is -0.189. The fourth-order valence-corrected chi connectivity index (χ4v) is 3.70. The molecule has 1 aromatic carbocycles. The first-order valence-corrected chi connectivity index (χ1v) is 7.94. The number of nitrogens with one attached hydrogen (secondary N) is 1. The van der Waals surface area contributed by atoms with Gasteiger partial charge in [0.15, 0.2) is 0 Å². The molecule has 2 nitrogen and oxygen atoms in total. The zero-order chi connectivity index (χ0) is 13.9. The maximum absolute atomic E-state index is 14.3. The number of thiophene rings is 1. The molecule has 1 saturated heterocycles. The van der Waals surface area contributed by atoms with Crippen LogP contribution in [0.4, 0.5) is 4.39 Å². The smallest absolute Gasteiger partial charge is 0.128 e. The van der Waals surface area contributed by atoms with Crippen LogP contribution in [0.2, 0.25) is 5.02 Å². The van der Waals surface area contributed by atoms with Gasteiger partial charge in [0.1, 0.15) is 5.82 Å². The van der Waals surface area contributed by atoms with Crippen LogP contribution >= 0.6 is 22.9 Å². The van der Waals surface area contributed by atoms with E-state index in [1.807, 2.05) is 11.4 Å². The van der Waals surface area contributed by atoms with E-state index < -0.39 is 0 Å². The molecule has 1 fully saturated rings. The van der Waals surface area contributed by atoms with Gasteiger partial charge in [0.25, 0.3) is 0 Å². The molecule has 0 bridgehead atoms. The molecule has 3 rings (SSSR count). The highest BCUT2D eigenvalue weighted by molar-refractivity contribution is 7.10. The summed E-state index contributed by atoms with van der Waals surface area (Å²) in [6.07, 6.45) is 0. The Hall–Kier alpha value is -0.940. The fraction of sp³-hybridized carbons (Fsp3) is 0.333. The third-order valence-corrected chi connectivity index (χ3v) is 4.74. The number of piperazine rings is 1. The van der Waals surface area contributed by atoms with Gasteiger partial charge < -0.3 is 5.32 Å². The average Bonchev–Trinajstić information content (AvgIpc) is 2.98. The number of hydrogen-bond donors (Lipinski definition) is 1. The molecule has 5 heteroatoms. The molecule has 106 valence electrons. The zero-order valence-electron chi connectivity index (χ0n) is 11.0. The number of nitrogens with zero attached hydrogens (tertiary/aromatic N) is 1. The lowest BCUT2D eigenvalue weighted by Crippen LogP contribution is -2.45. The molecule has 0 amide bonds. The van der Waals surface area contributed by atoms with E-state index in [2.05, 4.69) is 16.3 Å². The van der Waals surface area contributed by atoms with Gasteiger partial charge in [-0.3, -0.25) is 4.90 Å². The largest absolute Gasteiger partial charge is 0.314 e. The van der Waals surface area contributed by atoms with Crippen LogP contribution in [0.1, 0.15) is 16.5 Å². The van der Waals surface area contributed by atoms with Crippen LogP contribution in [0.3, 0.4) is 0 Å². The standard InChI is InChI=1S/C15H16ClFN2S/c16-11-3-4-13(17)12(10-11)15(14-2-1-9-20-14)19-7-5-18-6-8-19/h1-4,9-10,15,18H,5-8H2/t15-/m0/s1. The number of rotatable bonds is 3. The molecule has 0 radical (unpaired) electrons. The van der Waals surface area contributed by atoms with E-state index in [9.17, 15) is 4.39 Å².